The van der Waals surface area contributed by atoms with Crippen molar-refractivity contribution in [1.29, 1.82) is 0 Å². The largest absolute Gasteiger partial charge is 0.481 e. The van der Waals surface area contributed by atoms with Gasteiger partial charge in [0.25, 0.3) is 0 Å². The van der Waals surface area contributed by atoms with Crippen molar-refractivity contribution in [2.75, 3.05) is 6.61 Å². The number of aliphatic carboxylic acids is 1. The van der Waals surface area contributed by atoms with Crippen LogP contribution in [0, 0.1) is 5.92 Å². The second-order valence-corrected chi connectivity index (χ2v) is 2.61. The fourth-order valence-electron chi connectivity index (χ4n) is 1.05. The molecule has 0 saturated carbocycles. The summed E-state index contributed by atoms with van der Waals surface area (Å²) in [5, 5.41) is 26.4. The minimum absolute atomic E-state index is 0.201. The van der Waals surface area contributed by atoms with Crippen LogP contribution in [0.25, 0.3) is 0 Å². The zero-order valence-electron chi connectivity index (χ0n) is 6.34. The summed E-state index contributed by atoms with van der Waals surface area (Å²) in [6, 6.07) is 0. The van der Waals surface area contributed by atoms with Gasteiger partial charge < -0.3 is 15.3 Å². The van der Waals surface area contributed by atoms with E-state index in [1.54, 1.807) is 0 Å². The molecular weight excluding hydrogens is 160 g/mol. The van der Waals surface area contributed by atoms with Crippen LogP contribution >= 0.6 is 0 Å². The Morgan fingerprint density at radius 3 is 2.75 bits per heavy atom. The maximum atomic E-state index is 10.5. The first-order chi connectivity index (χ1) is 5.65. The van der Waals surface area contributed by atoms with E-state index in [4.69, 9.17) is 15.3 Å². The van der Waals surface area contributed by atoms with E-state index < -0.39 is 18.0 Å². The van der Waals surface area contributed by atoms with Gasteiger partial charge in [-0.3, -0.25) is 4.79 Å². The van der Waals surface area contributed by atoms with Crippen molar-refractivity contribution >= 4 is 5.97 Å². The van der Waals surface area contributed by atoms with E-state index in [0.717, 1.165) is 0 Å². The van der Waals surface area contributed by atoms with Crippen molar-refractivity contribution in [2.45, 2.75) is 6.10 Å². The van der Waals surface area contributed by atoms with Crippen molar-refractivity contribution in [2.24, 2.45) is 5.92 Å². The fraction of sp³-hybridized carbons (Fsp3) is 0.375. The average Bonchev–Trinajstić information content (AvgIpc) is 2.05. The third-order valence-corrected chi connectivity index (χ3v) is 1.74. The highest BCUT2D eigenvalue weighted by Crippen LogP contribution is 2.17. The summed E-state index contributed by atoms with van der Waals surface area (Å²) in [6.07, 6.45) is 3.25. The molecule has 1 aliphatic rings. The van der Waals surface area contributed by atoms with Crippen LogP contribution in [-0.4, -0.2) is 34.0 Å². The molecule has 12 heavy (non-hydrogen) atoms. The zero-order valence-corrected chi connectivity index (χ0v) is 6.34. The molecule has 66 valence electrons. The lowest BCUT2D eigenvalue weighted by molar-refractivity contribution is -0.142. The lowest BCUT2D eigenvalue weighted by Crippen LogP contribution is -2.27. The van der Waals surface area contributed by atoms with Gasteiger partial charge in [-0.1, -0.05) is 18.2 Å². The summed E-state index contributed by atoms with van der Waals surface area (Å²) in [7, 11) is 0. The molecule has 3 N–H and O–H groups in total. The molecule has 0 spiro atoms. The Labute approximate surface area is 69.5 Å². The fourth-order valence-corrected chi connectivity index (χ4v) is 1.05. The summed E-state index contributed by atoms with van der Waals surface area (Å²) in [6.45, 7) is -0.201. The second kappa shape index (κ2) is 3.51. The van der Waals surface area contributed by atoms with E-state index in [1.165, 1.54) is 18.2 Å². The van der Waals surface area contributed by atoms with E-state index in [-0.39, 0.29) is 6.61 Å². The summed E-state index contributed by atoms with van der Waals surface area (Å²) >= 11 is 0. The average molecular weight is 170 g/mol. The van der Waals surface area contributed by atoms with E-state index >= 15 is 0 Å². The monoisotopic (exact) mass is 170 g/mol. The third-order valence-electron chi connectivity index (χ3n) is 1.74. The first kappa shape index (κ1) is 8.96. The van der Waals surface area contributed by atoms with Crippen molar-refractivity contribution in [3.8, 4) is 0 Å². The van der Waals surface area contributed by atoms with Gasteiger partial charge in [-0.15, -0.1) is 0 Å². The Balaban J connectivity index is 2.81. The molecule has 0 radical (unpaired) electrons. The Bertz CT molecular complexity index is 241. The molecule has 2 atom stereocenters. The molecule has 0 saturated heterocycles. The van der Waals surface area contributed by atoms with Crippen molar-refractivity contribution in [3.63, 3.8) is 0 Å². The number of carbonyl (C=O) groups is 1. The number of hydrogen-bond donors (Lipinski definition) is 3. The van der Waals surface area contributed by atoms with Crippen molar-refractivity contribution in [3.05, 3.63) is 23.8 Å². The lowest BCUT2D eigenvalue weighted by atomic mass is 9.94. The van der Waals surface area contributed by atoms with Gasteiger partial charge >= 0.3 is 5.97 Å². The van der Waals surface area contributed by atoms with Gasteiger partial charge in [0.15, 0.2) is 0 Å². The van der Waals surface area contributed by atoms with Crippen LogP contribution in [-0.2, 0) is 4.79 Å². The predicted octanol–water partition coefficient (Wildman–Crippen LogP) is -0.463. The molecule has 4 nitrogen and oxygen atoms in total. The van der Waals surface area contributed by atoms with E-state index in [2.05, 4.69) is 0 Å². The number of carboxylic acids is 1. The highest BCUT2D eigenvalue weighted by Gasteiger charge is 2.24. The van der Waals surface area contributed by atoms with Gasteiger partial charge in [-0.05, 0) is 5.57 Å². The van der Waals surface area contributed by atoms with Crippen LogP contribution in [0.15, 0.2) is 23.8 Å². The van der Waals surface area contributed by atoms with Gasteiger partial charge in [0.1, 0.15) is 5.92 Å². The van der Waals surface area contributed by atoms with Crippen LogP contribution in [0.2, 0.25) is 0 Å². The zero-order chi connectivity index (χ0) is 9.14. The molecule has 0 amide bonds. The first-order valence-corrected chi connectivity index (χ1v) is 3.56. The summed E-state index contributed by atoms with van der Waals surface area (Å²) in [5.74, 6) is -2.02. The van der Waals surface area contributed by atoms with Crippen LogP contribution in [0.4, 0.5) is 0 Å². The summed E-state index contributed by atoms with van der Waals surface area (Å²) < 4.78 is 0. The molecule has 0 heterocycles. The van der Waals surface area contributed by atoms with Gasteiger partial charge in [-0.25, -0.2) is 0 Å². The molecule has 0 bridgehead atoms. The van der Waals surface area contributed by atoms with E-state index in [1.807, 2.05) is 0 Å². The minimum atomic E-state index is -1.09. The van der Waals surface area contributed by atoms with Gasteiger partial charge in [0.05, 0.1) is 12.7 Å². The molecule has 0 aromatic rings. The second-order valence-electron chi connectivity index (χ2n) is 2.61. The Morgan fingerprint density at radius 1 is 1.58 bits per heavy atom. The number of aliphatic hydroxyl groups is 2. The molecule has 0 fully saturated rings. The van der Waals surface area contributed by atoms with Crippen LogP contribution in [0.1, 0.15) is 0 Å². The van der Waals surface area contributed by atoms with Crippen LogP contribution in [0.5, 0.6) is 0 Å². The highest BCUT2D eigenvalue weighted by molar-refractivity contribution is 5.74. The predicted molar refractivity (Wildman–Crippen MR) is 41.4 cm³/mol. The molecule has 0 aromatic carbocycles. The molecular formula is C8H10O4. The van der Waals surface area contributed by atoms with Crippen molar-refractivity contribution < 1.29 is 20.1 Å². The molecule has 4 heteroatoms. The number of carboxylic acid groups (broad SMARTS) is 1. The topological polar surface area (TPSA) is 77.8 Å². The Kier molecular flexibility index (Phi) is 2.62. The molecule has 1 aliphatic carbocycles. The highest BCUT2D eigenvalue weighted by atomic mass is 16.4. The van der Waals surface area contributed by atoms with Crippen LogP contribution in [0.3, 0.4) is 0 Å². The Morgan fingerprint density at radius 2 is 2.25 bits per heavy atom. The summed E-state index contributed by atoms with van der Waals surface area (Å²) in [4.78, 5) is 10.5. The SMILES string of the molecule is O=C(O)C1C=C(CO)C=CC1O. The number of rotatable bonds is 2. The molecule has 0 aromatic heterocycles. The van der Waals surface area contributed by atoms with Gasteiger partial charge in [-0.2, -0.15) is 0 Å². The van der Waals surface area contributed by atoms with E-state index in [0.29, 0.717) is 5.57 Å². The minimum Gasteiger partial charge on any atom is -0.481 e. The number of aliphatic hydroxyl groups excluding tert-OH is 2. The molecule has 0 aliphatic heterocycles. The lowest BCUT2D eigenvalue weighted by Gasteiger charge is -2.17. The summed E-state index contributed by atoms with van der Waals surface area (Å²) in [5.41, 5.74) is 0.521. The number of hydrogen-bond acceptors (Lipinski definition) is 3. The maximum Gasteiger partial charge on any atom is 0.313 e. The van der Waals surface area contributed by atoms with Crippen molar-refractivity contribution in [1.82, 2.24) is 0 Å². The standard InChI is InChI=1S/C8H10O4/c9-4-5-1-2-7(10)6(3-5)8(11)12/h1-3,6-7,9-10H,4H2,(H,11,12). The quantitative estimate of drug-likeness (QED) is 0.524. The normalized spacial score (nSPS) is 28.3. The van der Waals surface area contributed by atoms with E-state index in [9.17, 15) is 4.79 Å². The third kappa shape index (κ3) is 1.72. The first-order valence-electron chi connectivity index (χ1n) is 3.56. The van der Waals surface area contributed by atoms with Gasteiger partial charge in [0, 0.05) is 0 Å². The molecule has 1 rings (SSSR count). The smallest absolute Gasteiger partial charge is 0.313 e. The van der Waals surface area contributed by atoms with Crippen LogP contribution < -0.4 is 0 Å². The Hall–Kier alpha value is -1.13. The molecule has 2 unspecified atom stereocenters. The van der Waals surface area contributed by atoms with Gasteiger partial charge in [0.2, 0.25) is 0 Å². The maximum absolute atomic E-state index is 10.5.